The number of allylic oxidation sites excluding steroid dienone is 1. The number of nitrogens with two attached hydrogens (primary N) is 1. The molecule has 2 N–H and O–H groups in total. The normalized spacial score (nSPS) is 22.8. The van der Waals surface area contributed by atoms with Gasteiger partial charge in [0.05, 0.1) is 18.6 Å². The van der Waals surface area contributed by atoms with Crippen molar-refractivity contribution in [3.63, 3.8) is 0 Å². The summed E-state index contributed by atoms with van der Waals surface area (Å²) in [5.41, 5.74) is 8.75. The Labute approximate surface area is 250 Å². The number of nitrogens with zero attached hydrogens (tertiary/aromatic N) is 5. The SMILES string of the molecule is C=C(/C(C)=C(\N=CN)C(=O)N1CCC(N2CCC(N(C)S(C)(=O)=O)CC2)CC1)N1CCCCC1c1cccc(Cl)c1. The Morgan fingerprint density at radius 1 is 1.10 bits per heavy atom. The van der Waals surface area contributed by atoms with Crippen LogP contribution in [-0.2, 0) is 14.8 Å². The monoisotopic (exact) mass is 604 g/mol. The number of likely N-dealkylation sites (tertiary alicyclic amines) is 3. The molecule has 0 aliphatic carbocycles. The minimum absolute atomic E-state index is 0.0548. The number of halogens is 1. The topological polar surface area (TPSA) is 103 Å². The summed E-state index contributed by atoms with van der Waals surface area (Å²) in [7, 11) is -1.51. The second-order valence-corrected chi connectivity index (χ2v) is 14.0. The summed E-state index contributed by atoms with van der Waals surface area (Å²) in [5.74, 6) is -0.117. The summed E-state index contributed by atoms with van der Waals surface area (Å²) >= 11 is 6.31. The zero-order valence-electron chi connectivity index (χ0n) is 24.6. The van der Waals surface area contributed by atoms with E-state index in [1.807, 2.05) is 30.0 Å². The molecule has 0 aromatic heterocycles. The zero-order chi connectivity index (χ0) is 29.7. The summed E-state index contributed by atoms with van der Waals surface area (Å²) < 4.78 is 25.4. The highest BCUT2D eigenvalue weighted by molar-refractivity contribution is 7.88. The molecule has 3 aliphatic rings. The van der Waals surface area contributed by atoms with E-state index in [0.29, 0.717) is 29.9 Å². The van der Waals surface area contributed by atoms with Gasteiger partial charge in [-0.05, 0) is 82.7 Å². The standard InChI is InChI=1S/C30H45ClN6O3S/c1-22(23(2)37-15-6-5-10-28(37)24-8-7-9-25(31)20-24)29(33-21-32)30(38)36-18-13-27(14-19-36)35-16-11-26(12-17-35)34(3)41(4,39)40/h7-9,20-21,26-28H,2,5-6,10-19H2,1,3-4H3,(H2,32,33)/b29-22-. The number of benzene rings is 1. The van der Waals surface area contributed by atoms with Crippen LogP contribution in [0.3, 0.4) is 0 Å². The van der Waals surface area contributed by atoms with Crippen LogP contribution in [0.25, 0.3) is 0 Å². The van der Waals surface area contributed by atoms with E-state index in [-0.39, 0.29) is 18.0 Å². The van der Waals surface area contributed by atoms with Crippen molar-refractivity contribution < 1.29 is 13.2 Å². The first-order valence-electron chi connectivity index (χ1n) is 14.6. The molecule has 9 nitrogen and oxygen atoms in total. The molecule has 0 spiro atoms. The first-order chi connectivity index (χ1) is 19.5. The number of piperidine rings is 3. The van der Waals surface area contributed by atoms with Gasteiger partial charge < -0.3 is 20.4 Å². The molecule has 3 heterocycles. The highest BCUT2D eigenvalue weighted by atomic mass is 35.5. The van der Waals surface area contributed by atoms with Gasteiger partial charge in [-0.3, -0.25) is 4.79 Å². The molecule has 41 heavy (non-hydrogen) atoms. The number of carbonyl (C=O) groups excluding carboxylic acids is 1. The molecule has 3 saturated heterocycles. The molecule has 3 fully saturated rings. The fourth-order valence-corrected chi connectivity index (χ4v) is 7.47. The van der Waals surface area contributed by atoms with Gasteiger partial charge in [-0.1, -0.05) is 30.3 Å². The number of hydrogen-bond acceptors (Lipinski definition) is 6. The maximum Gasteiger partial charge on any atom is 0.272 e. The maximum absolute atomic E-state index is 13.8. The molecule has 1 atom stereocenters. The van der Waals surface area contributed by atoms with E-state index in [9.17, 15) is 13.2 Å². The van der Waals surface area contributed by atoms with Crippen molar-refractivity contribution in [3.05, 3.63) is 58.4 Å². The third kappa shape index (κ3) is 7.52. The lowest BCUT2D eigenvalue weighted by atomic mass is 9.93. The molecule has 0 bridgehead atoms. The van der Waals surface area contributed by atoms with Gasteiger partial charge in [0.15, 0.2) is 0 Å². The maximum atomic E-state index is 13.8. The van der Waals surface area contributed by atoms with Gasteiger partial charge in [0, 0.05) is 55.1 Å². The molecule has 1 aromatic carbocycles. The van der Waals surface area contributed by atoms with Crippen LogP contribution in [0.15, 0.2) is 52.8 Å². The van der Waals surface area contributed by atoms with Crippen LogP contribution in [0.2, 0.25) is 5.02 Å². The van der Waals surface area contributed by atoms with Crippen LogP contribution in [0.4, 0.5) is 0 Å². The number of rotatable bonds is 8. The zero-order valence-corrected chi connectivity index (χ0v) is 26.2. The van der Waals surface area contributed by atoms with E-state index < -0.39 is 10.0 Å². The van der Waals surface area contributed by atoms with Crippen LogP contribution < -0.4 is 5.73 Å². The van der Waals surface area contributed by atoms with E-state index >= 15 is 0 Å². The molecule has 4 rings (SSSR count). The van der Waals surface area contributed by atoms with Crippen molar-refractivity contribution in [2.75, 3.05) is 46.0 Å². The smallest absolute Gasteiger partial charge is 0.272 e. The molecular formula is C30H45ClN6O3S. The van der Waals surface area contributed by atoms with Gasteiger partial charge in [0.25, 0.3) is 5.91 Å². The third-order valence-corrected chi connectivity index (χ3v) is 10.7. The number of hydrogen-bond donors (Lipinski definition) is 1. The summed E-state index contributed by atoms with van der Waals surface area (Å²) in [6, 6.07) is 8.55. The molecule has 1 unspecified atom stereocenters. The van der Waals surface area contributed by atoms with Gasteiger partial charge in [-0.2, -0.15) is 0 Å². The van der Waals surface area contributed by atoms with E-state index in [2.05, 4.69) is 27.4 Å². The van der Waals surface area contributed by atoms with Crippen LogP contribution >= 0.6 is 11.6 Å². The molecule has 0 radical (unpaired) electrons. The third-order valence-electron chi connectivity index (χ3n) is 9.08. The lowest BCUT2D eigenvalue weighted by Gasteiger charge is -2.43. The Hall–Kier alpha value is -2.40. The highest BCUT2D eigenvalue weighted by Gasteiger charge is 2.34. The summed E-state index contributed by atoms with van der Waals surface area (Å²) in [6.45, 7) is 10.2. The fourth-order valence-electron chi connectivity index (χ4n) is 6.52. The molecule has 11 heteroatoms. The highest BCUT2D eigenvalue weighted by Crippen LogP contribution is 2.37. The average molecular weight is 605 g/mol. The number of aliphatic imine (C=N–C) groups is 1. The van der Waals surface area contributed by atoms with Crippen LogP contribution in [0, 0.1) is 0 Å². The number of sulfonamides is 1. The van der Waals surface area contributed by atoms with Crippen LogP contribution in [-0.4, -0.2) is 97.8 Å². The van der Waals surface area contributed by atoms with E-state index in [4.69, 9.17) is 17.3 Å². The Balaban J connectivity index is 1.41. The average Bonchev–Trinajstić information content (AvgIpc) is 2.98. The molecule has 226 valence electrons. The molecule has 0 saturated carbocycles. The lowest BCUT2D eigenvalue weighted by molar-refractivity contribution is -0.128. The van der Waals surface area contributed by atoms with E-state index in [0.717, 1.165) is 81.4 Å². The Kier molecular flexibility index (Phi) is 10.5. The molecule has 1 amide bonds. The van der Waals surface area contributed by atoms with Crippen LogP contribution in [0.5, 0.6) is 0 Å². The van der Waals surface area contributed by atoms with Crippen molar-refractivity contribution >= 4 is 33.9 Å². The van der Waals surface area contributed by atoms with Gasteiger partial charge in [-0.25, -0.2) is 17.7 Å². The molecular weight excluding hydrogens is 560 g/mol. The van der Waals surface area contributed by atoms with Gasteiger partial charge in [0.1, 0.15) is 5.70 Å². The van der Waals surface area contributed by atoms with Crippen molar-refractivity contribution in [3.8, 4) is 0 Å². The number of carbonyl (C=O) groups is 1. The minimum atomic E-state index is -3.18. The second-order valence-electron chi connectivity index (χ2n) is 11.5. The number of amides is 1. The Morgan fingerprint density at radius 2 is 1.78 bits per heavy atom. The first kappa shape index (κ1) is 31.5. The first-order valence-corrected chi connectivity index (χ1v) is 16.9. The van der Waals surface area contributed by atoms with Crippen LogP contribution in [0.1, 0.15) is 63.5 Å². The summed E-state index contributed by atoms with van der Waals surface area (Å²) in [4.78, 5) is 24.7. The quantitative estimate of drug-likeness (QED) is 0.208. The van der Waals surface area contributed by atoms with Crippen molar-refractivity contribution in [1.82, 2.24) is 19.0 Å². The lowest BCUT2D eigenvalue weighted by Crippen LogP contribution is -2.52. The predicted octanol–water partition coefficient (Wildman–Crippen LogP) is 3.99. The van der Waals surface area contributed by atoms with E-state index in [1.165, 1.54) is 16.9 Å². The van der Waals surface area contributed by atoms with Gasteiger partial charge in [-0.15, -0.1) is 0 Å². The van der Waals surface area contributed by atoms with E-state index in [1.54, 1.807) is 7.05 Å². The fraction of sp³-hybridized carbons (Fsp3) is 0.600. The minimum Gasteiger partial charge on any atom is -0.390 e. The van der Waals surface area contributed by atoms with Crippen molar-refractivity contribution in [2.45, 2.75) is 70.0 Å². The van der Waals surface area contributed by atoms with Gasteiger partial charge in [0.2, 0.25) is 10.0 Å². The Morgan fingerprint density at radius 3 is 2.39 bits per heavy atom. The summed E-state index contributed by atoms with van der Waals surface area (Å²) in [5, 5.41) is 0.712. The Bertz CT molecular complexity index is 1270. The van der Waals surface area contributed by atoms with Gasteiger partial charge >= 0.3 is 0 Å². The second kappa shape index (κ2) is 13.7. The predicted molar refractivity (Wildman–Crippen MR) is 166 cm³/mol. The largest absolute Gasteiger partial charge is 0.390 e. The molecule has 3 aliphatic heterocycles. The summed E-state index contributed by atoms with van der Waals surface area (Å²) in [6.07, 6.45) is 9.04. The van der Waals surface area contributed by atoms with Crippen molar-refractivity contribution in [2.24, 2.45) is 10.7 Å². The van der Waals surface area contributed by atoms with Crippen molar-refractivity contribution in [1.29, 1.82) is 0 Å². The molecule has 1 aromatic rings.